The molecule has 51 heavy (non-hydrogen) atoms. The van der Waals surface area contributed by atoms with Crippen LogP contribution in [0.25, 0.3) is 0 Å². The zero-order valence-electron chi connectivity index (χ0n) is 29.8. The molecule has 0 bridgehead atoms. The minimum absolute atomic E-state index is 0.000511. The summed E-state index contributed by atoms with van der Waals surface area (Å²) < 4.78 is 38.6. The number of fused-ring (bicyclic) bond motifs is 1. The second-order valence-corrected chi connectivity index (χ2v) is 18.7. The second kappa shape index (κ2) is 12.7. The van der Waals surface area contributed by atoms with Crippen LogP contribution < -0.4 is 20.1 Å². The molecule has 0 aromatic heterocycles. The molecule has 1 aromatic rings. The van der Waals surface area contributed by atoms with Gasteiger partial charge in [0.05, 0.1) is 29.1 Å². The lowest BCUT2D eigenvalue weighted by molar-refractivity contribution is -0.143. The van der Waals surface area contributed by atoms with Crippen LogP contribution in [-0.2, 0) is 40.4 Å². The fourth-order valence-corrected chi connectivity index (χ4v) is 8.63. The van der Waals surface area contributed by atoms with E-state index in [-0.39, 0.29) is 25.8 Å². The highest BCUT2D eigenvalue weighted by atomic mass is 35.5. The highest BCUT2D eigenvalue weighted by molar-refractivity contribution is 7.91. The number of carbonyl (C=O) groups is 4. The number of rotatable bonds is 9. The van der Waals surface area contributed by atoms with E-state index in [4.69, 9.17) is 25.9 Å². The van der Waals surface area contributed by atoms with Gasteiger partial charge in [0.1, 0.15) is 29.0 Å². The maximum absolute atomic E-state index is 14.6. The lowest BCUT2D eigenvalue weighted by Crippen LogP contribution is -2.60. The van der Waals surface area contributed by atoms with E-state index in [0.29, 0.717) is 42.4 Å². The molecule has 6 rings (SSSR count). The summed E-state index contributed by atoms with van der Waals surface area (Å²) in [5, 5.41) is 9.69. The highest BCUT2D eigenvalue weighted by Crippen LogP contribution is 2.47. The summed E-state index contributed by atoms with van der Waals surface area (Å²) in [5.41, 5.74) is -2.10. The Hall–Kier alpha value is -3.85. The van der Waals surface area contributed by atoms with Gasteiger partial charge in [0.15, 0.2) is 5.60 Å². The van der Waals surface area contributed by atoms with Gasteiger partial charge in [-0.3, -0.25) is 19.1 Å². The summed E-state index contributed by atoms with van der Waals surface area (Å²) in [6.07, 6.45) is 2.66. The third-order valence-electron chi connectivity index (χ3n) is 9.92. The van der Waals surface area contributed by atoms with Crippen molar-refractivity contribution in [3.05, 3.63) is 40.9 Å². The first-order valence-electron chi connectivity index (χ1n) is 17.2. The van der Waals surface area contributed by atoms with E-state index in [0.717, 1.165) is 11.1 Å². The lowest BCUT2D eigenvalue weighted by Gasteiger charge is -2.36. The number of likely N-dealkylation sites (tertiary alicyclic amines) is 1. The van der Waals surface area contributed by atoms with Crippen molar-refractivity contribution in [2.24, 2.45) is 16.5 Å². The fourth-order valence-electron chi connectivity index (χ4n) is 6.97. The van der Waals surface area contributed by atoms with Crippen LogP contribution in [0.4, 0.5) is 4.79 Å². The topological polar surface area (TPSA) is 182 Å². The number of halogens is 1. The summed E-state index contributed by atoms with van der Waals surface area (Å²) in [6, 6.07) is 1.39. The van der Waals surface area contributed by atoms with Gasteiger partial charge in [0.2, 0.25) is 21.8 Å². The van der Waals surface area contributed by atoms with Gasteiger partial charge in [-0.25, -0.2) is 13.2 Å². The molecule has 3 heterocycles. The molecule has 2 unspecified atom stereocenters. The number of nitrogens with one attached hydrogen (secondary N) is 3. The Morgan fingerprint density at radius 3 is 2.45 bits per heavy atom. The molecule has 1 spiro atoms. The normalized spacial score (nSPS) is 27.4. The van der Waals surface area contributed by atoms with Crippen LogP contribution in [0.1, 0.15) is 84.8 Å². The molecule has 5 aliphatic rings. The fraction of sp³-hybridized carbons (Fsp3) is 0.629. The Bertz CT molecular complexity index is 1820. The van der Waals surface area contributed by atoms with Crippen LogP contribution in [0.2, 0.25) is 5.02 Å². The zero-order chi connectivity index (χ0) is 37.3. The molecule has 1 aromatic carbocycles. The lowest BCUT2D eigenvalue weighted by atomic mass is 9.85. The number of nitrogens with zero attached hydrogens (tertiary/aromatic N) is 2. The Morgan fingerprint density at radius 2 is 1.84 bits per heavy atom. The van der Waals surface area contributed by atoms with Gasteiger partial charge in [-0.05, 0) is 63.1 Å². The van der Waals surface area contributed by atoms with Crippen molar-refractivity contribution < 1.29 is 41.9 Å². The van der Waals surface area contributed by atoms with E-state index < -0.39 is 79.2 Å². The van der Waals surface area contributed by atoms with Gasteiger partial charge >= 0.3 is 6.09 Å². The molecule has 3 aliphatic heterocycles. The molecule has 4 amide bonds. The van der Waals surface area contributed by atoms with E-state index in [2.05, 4.69) is 27.1 Å². The van der Waals surface area contributed by atoms with E-state index in [1.165, 1.54) is 11.0 Å². The molecule has 1 saturated heterocycles. The van der Waals surface area contributed by atoms with Crippen molar-refractivity contribution >= 4 is 51.2 Å². The van der Waals surface area contributed by atoms with Crippen molar-refractivity contribution in [1.29, 1.82) is 0 Å². The second-order valence-electron chi connectivity index (χ2n) is 16.3. The van der Waals surface area contributed by atoms with Gasteiger partial charge in [-0.15, -0.1) is 6.58 Å². The predicted octanol–water partition coefficient (Wildman–Crippen LogP) is 3.35. The van der Waals surface area contributed by atoms with Crippen LogP contribution in [0.15, 0.2) is 29.9 Å². The van der Waals surface area contributed by atoms with Crippen LogP contribution in [-0.4, -0.2) is 90.1 Å². The standard InChI is InChI=1S/C35H46ClN5O9S/c1-8-21-15-35(21,30(44)40-51(46,47)22-9-10-22)38-28(42)25-17-34(16-24(39-50-34)20-13-19-11-12-48-26(19)23(36)14-20)18-41(25)29(43)27(32(2,3)4)37-31(45)49-33(5,6)7/h8,13-14,21-22,25,27H,1,9-12,15-18H2,2-7H3,(H,37,45)(H,38,42)(H,40,44)/t21-,25?,27-,34-,35?/m1/s1. The molecule has 2 saturated carbocycles. The number of oxime groups is 1. The number of carbonyl (C=O) groups excluding carboxylic acids is 4. The van der Waals surface area contributed by atoms with E-state index in [1.54, 1.807) is 47.6 Å². The third kappa shape index (κ3) is 7.41. The van der Waals surface area contributed by atoms with Gasteiger partial charge in [0, 0.05) is 30.7 Å². The summed E-state index contributed by atoms with van der Waals surface area (Å²) in [4.78, 5) is 62.8. The summed E-state index contributed by atoms with van der Waals surface area (Å²) in [6.45, 7) is 14.7. The van der Waals surface area contributed by atoms with Crippen molar-refractivity contribution in [3.8, 4) is 5.75 Å². The van der Waals surface area contributed by atoms with Crippen LogP contribution in [0.5, 0.6) is 5.75 Å². The maximum atomic E-state index is 14.6. The van der Waals surface area contributed by atoms with Gasteiger partial charge in [-0.1, -0.05) is 43.6 Å². The number of hydrogen-bond donors (Lipinski definition) is 3. The molecule has 14 nitrogen and oxygen atoms in total. The average Bonchev–Trinajstić information content (AvgIpc) is 3.85. The number of ether oxygens (including phenoxy) is 2. The van der Waals surface area contributed by atoms with Gasteiger partial charge < -0.3 is 29.8 Å². The first-order chi connectivity index (χ1) is 23.7. The Morgan fingerprint density at radius 1 is 1.14 bits per heavy atom. The van der Waals surface area contributed by atoms with Crippen molar-refractivity contribution in [1.82, 2.24) is 20.3 Å². The predicted molar refractivity (Wildman–Crippen MR) is 188 cm³/mol. The van der Waals surface area contributed by atoms with E-state index in [1.807, 2.05) is 6.07 Å². The number of benzene rings is 1. The summed E-state index contributed by atoms with van der Waals surface area (Å²) in [7, 11) is -3.90. The monoisotopic (exact) mass is 747 g/mol. The maximum Gasteiger partial charge on any atom is 0.408 e. The Kier molecular flexibility index (Phi) is 9.18. The molecule has 5 atom stereocenters. The zero-order valence-corrected chi connectivity index (χ0v) is 31.3. The smallest absolute Gasteiger partial charge is 0.408 e. The number of alkyl carbamates (subject to hydrolysis) is 1. The Balaban J connectivity index is 1.29. The van der Waals surface area contributed by atoms with Gasteiger partial charge in [-0.2, -0.15) is 0 Å². The molecule has 16 heteroatoms. The minimum Gasteiger partial charge on any atom is -0.491 e. The average molecular weight is 748 g/mol. The largest absolute Gasteiger partial charge is 0.491 e. The molecule has 3 N–H and O–H groups in total. The molecule has 2 aliphatic carbocycles. The molecule has 0 radical (unpaired) electrons. The first-order valence-corrected chi connectivity index (χ1v) is 19.1. The minimum atomic E-state index is -3.90. The SMILES string of the molecule is C=C[C@@H]1CC1(NC(=O)C1C[C@]2(CC(c3cc(Cl)c4c(c3)CCO4)=NO2)CN1C(=O)[C@@H](NC(=O)OC(C)(C)C)C(C)(C)C)C(=O)NS(=O)(=O)C1CC1. The van der Waals surface area contributed by atoms with Crippen molar-refractivity contribution in [2.45, 2.75) is 114 Å². The molecular formula is C35H46ClN5O9S. The highest BCUT2D eigenvalue weighted by Gasteiger charge is 2.63. The molecule has 278 valence electrons. The van der Waals surface area contributed by atoms with Crippen LogP contribution in [0.3, 0.4) is 0 Å². The van der Waals surface area contributed by atoms with E-state index in [9.17, 15) is 27.6 Å². The van der Waals surface area contributed by atoms with Gasteiger partial charge in [0.25, 0.3) is 5.91 Å². The van der Waals surface area contributed by atoms with Crippen LogP contribution >= 0.6 is 11.6 Å². The molecular weight excluding hydrogens is 702 g/mol. The van der Waals surface area contributed by atoms with Crippen LogP contribution in [0, 0.1) is 11.3 Å². The number of hydrogen-bond acceptors (Lipinski definition) is 10. The first kappa shape index (κ1) is 36.9. The summed E-state index contributed by atoms with van der Waals surface area (Å²) in [5.74, 6) is -1.99. The number of sulfonamides is 1. The quantitative estimate of drug-likeness (QED) is 0.319. The van der Waals surface area contributed by atoms with Crippen molar-refractivity contribution in [3.63, 3.8) is 0 Å². The van der Waals surface area contributed by atoms with Crippen molar-refractivity contribution in [2.75, 3.05) is 13.2 Å². The Labute approximate surface area is 303 Å². The summed E-state index contributed by atoms with van der Waals surface area (Å²) >= 11 is 6.52. The third-order valence-corrected chi connectivity index (χ3v) is 12.0. The van der Waals surface area contributed by atoms with E-state index >= 15 is 0 Å². The number of amides is 4. The molecule has 3 fully saturated rings.